The van der Waals surface area contributed by atoms with Gasteiger partial charge in [0.1, 0.15) is 6.10 Å². The third-order valence-corrected chi connectivity index (χ3v) is 2.89. The minimum Gasteiger partial charge on any atom is -0.489 e. The number of ether oxygens (including phenoxy) is 2. The highest BCUT2D eigenvalue weighted by molar-refractivity contribution is 6.32. The Morgan fingerprint density at radius 3 is 2.89 bits per heavy atom. The Balaban J connectivity index is 2.41. The molecule has 2 rings (SSSR count). The predicted octanol–water partition coefficient (Wildman–Crippen LogP) is 2.61. The van der Waals surface area contributed by atoms with Crippen LogP contribution in [0.15, 0.2) is 24.3 Å². The number of nitrogens with zero attached hydrogens (tertiary/aromatic N) is 1. The zero-order valence-corrected chi connectivity index (χ0v) is 10.4. The summed E-state index contributed by atoms with van der Waals surface area (Å²) in [7, 11) is 0. The predicted molar refractivity (Wildman–Crippen MR) is 66.8 cm³/mol. The lowest BCUT2D eigenvalue weighted by Crippen LogP contribution is -2.01. The summed E-state index contributed by atoms with van der Waals surface area (Å²) in [6.07, 6.45) is -0.307. The third-order valence-electron chi connectivity index (χ3n) is 2.61. The summed E-state index contributed by atoms with van der Waals surface area (Å²) in [5.41, 5.74) is 0.524. The number of rotatable bonds is 2. The number of fused-ring (bicyclic) bond motifs is 1. The molecule has 1 aromatic carbocycles. The molecular formula is C13H12ClNO3. The fourth-order valence-electron chi connectivity index (χ4n) is 1.67. The van der Waals surface area contributed by atoms with E-state index in [1.165, 1.54) is 0 Å². The quantitative estimate of drug-likeness (QED) is 0.835. The minimum absolute atomic E-state index is 0.0561. The normalized spacial score (nSPS) is 15.4. The number of aliphatic hydroxyl groups is 1. The number of hydrogen-bond donors (Lipinski definition) is 1. The van der Waals surface area contributed by atoms with Crippen molar-refractivity contribution in [2.45, 2.75) is 12.5 Å². The second-order valence-electron chi connectivity index (χ2n) is 3.92. The zero-order chi connectivity index (χ0) is 13.1. The van der Waals surface area contributed by atoms with Gasteiger partial charge in [-0.2, -0.15) is 5.26 Å². The lowest BCUT2D eigenvalue weighted by atomic mass is 10.0. The first-order valence-corrected chi connectivity index (χ1v) is 5.87. The average Bonchev–Trinajstić information content (AvgIpc) is 2.62. The van der Waals surface area contributed by atoms with Gasteiger partial charge in [0.05, 0.1) is 29.9 Å². The van der Waals surface area contributed by atoms with Crippen LogP contribution in [0.5, 0.6) is 11.5 Å². The molecule has 0 saturated heterocycles. The van der Waals surface area contributed by atoms with Crippen LogP contribution in [-0.2, 0) is 0 Å². The van der Waals surface area contributed by atoms with E-state index < -0.39 is 6.10 Å². The summed E-state index contributed by atoms with van der Waals surface area (Å²) in [5, 5.41) is 19.0. The minimum atomic E-state index is -1.08. The summed E-state index contributed by atoms with van der Waals surface area (Å²) in [6.45, 7) is 4.55. The SMILES string of the molecule is C=C(C#N)C(O)c1cc(Cl)c2c(c1)OCCCO2. The Morgan fingerprint density at radius 2 is 2.17 bits per heavy atom. The van der Waals surface area contributed by atoms with Crippen molar-refractivity contribution in [1.82, 2.24) is 0 Å². The Hall–Kier alpha value is -1.70. The highest BCUT2D eigenvalue weighted by Gasteiger charge is 2.19. The molecule has 0 aliphatic carbocycles. The average molecular weight is 266 g/mol. The molecule has 1 unspecified atom stereocenters. The second-order valence-corrected chi connectivity index (χ2v) is 4.33. The first-order valence-electron chi connectivity index (χ1n) is 5.49. The Bertz CT molecular complexity index is 522. The van der Waals surface area contributed by atoms with E-state index in [2.05, 4.69) is 6.58 Å². The van der Waals surface area contributed by atoms with E-state index in [1.807, 2.05) is 6.07 Å². The van der Waals surface area contributed by atoms with E-state index >= 15 is 0 Å². The Morgan fingerprint density at radius 1 is 1.44 bits per heavy atom. The lowest BCUT2D eigenvalue weighted by Gasteiger charge is -2.14. The standard InChI is InChI=1S/C13H12ClNO3/c1-8(7-15)12(16)9-5-10(14)13-11(6-9)17-3-2-4-18-13/h5-6,12,16H,1-4H2. The van der Waals surface area contributed by atoms with Gasteiger partial charge in [-0.1, -0.05) is 18.2 Å². The van der Waals surface area contributed by atoms with Gasteiger partial charge in [-0.25, -0.2) is 0 Å². The van der Waals surface area contributed by atoms with Gasteiger partial charge in [0.25, 0.3) is 0 Å². The van der Waals surface area contributed by atoms with Crippen LogP contribution < -0.4 is 9.47 Å². The third kappa shape index (κ3) is 2.42. The summed E-state index contributed by atoms with van der Waals surface area (Å²) in [5.74, 6) is 0.965. The first-order chi connectivity index (χ1) is 8.63. The number of nitriles is 1. The zero-order valence-electron chi connectivity index (χ0n) is 9.65. The number of halogens is 1. The highest BCUT2D eigenvalue weighted by atomic mass is 35.5. The lowest BCUT2D eigenvalue weighted by molar-refractivity contribution is 0.220. The van der Waals surface area contributed by atoms with E-state index in [-0.39, 0.29) is 5.57 Å². The van der Waals surface area contributed by atoms with E-state index in [4.69, 9.17) is 26.3 Å². The van der Waals surface area contributed by atoms with Crippen molar-refractivity contribution in [3.63, 3.8) is 0 Å². The van der Waals surface area contributed by atoms with Crippen LogP contribution in [-0.4, -0.2) is 18.3 Å². The van der Waals surface area contributed by atoms with E-state index in [0.717, 1.165) is 6.42 Å². The summed E-state index contributed by atoms with van der Waals surface area (Å²) in [4.78, 5) is 0. The number of hydrogen-bond acceptors (Lipinski definition) is 4. The van der Waals surface area contributed by atoms with Crippen LogP contribution in [0.1, 0.15) is 18.1 Å². The largest absolute Gasteiger partial charge is 0.489 e. The highest BCUT2D eigenvalue weighted by Crippen LogP contribution is 2.40. The van der Waals surface area contributed by atoms with Crippen molar-refractivity contribution < 1.29 is 14.6 Å². The van der Waals surface area contributed by atoms with Gasteiger partial charge in [0.15, 0.2) is 11.5 Å². The molecule has 0 spiro atoms. The summed E-state index contributed by atoms with van der Waals surface area (Å²) < 4.78 is 11.0. The molecule has 94 valence electrons. The van der Waals surface area contributed by atoms with Crippen molar-refractivity contribution in [2.75, 3.05) is 13.2 Å². The molecule has 0 saturated carbocycles. The molecular weight excluding hydrogens is 254 g/mol. The van der Waals surface area contributed by atoms with Crippen LogP contribution in [0.2, 0.25) is 5.02 Å². The van der Waals surface area contributed by atoms with Crippen molar-refractivity contribution in [1.29, 1.82) is 5.26 Å². The van der Waals surface area contributed by atoms with Crippen LogP contribution in [0.3, 0.4) is 0 Å². The maximum atomic E-state index is 9.91. The molecule has 0 amide bonds. The van der Waals surface area contributed by atoms with E-state index in [9.17, 15) is 5.11 Å². The van der Waals surface area contributed by atoms with Crippen molar-refractivity contribution in [3.05, 3.63) is 34.9 Å². The molecule has 0 fully saturated rings. The molecule has 1 atom stereocenters. The van der Waals surface area contributed by atoms with Crippen LogP contribution in [0, 0.1) is 11.3 Å². The monoisotopic (exact) mass is 265 g/mol. The van der Waals surface area contributed by atoms with E-state index in [0.29, 0.717) is 35.3 Å². The van der Waals surface area contributed by atoms with Gasteiger partial charge < -0.3 is 14.6 Å². The van der Waals surface area contributed by atoms with Crippen LogP contribution in [0.25, 0.3) is 0 Å². The van der Waals surface area contributed by atoms with Crippen molar-refractivity contribution in [3.8, 4) is 17.6 Å². The maximum Gasteiger partial charge on any atom is 0.179 e. The van der Waals surface area contributed by atoms with Gasteiger partial charge >= 0.3 is 0 Å². The fraction of sp³-hybridized carbons (Fsp3) is 0.308. The maximum absolute atomic E-state index is 9.91. The molecule has 0 radical (unpaired) electrons. The summed E-state index contributed by atoms with van der Waals surface area (Å²) >= 11 is 6.08. The topological polar surface area (TPSA) is 62.5 Å². The molecule has 0 bridgehead atoms. The second kappa shape index (κ2) is 5.30. The van der Waals surface area contributed by atoms with Crippen molar-refractivity contribution >= 4 is 11.6 Å². The first kappa shape index (κ1) is 12.7. The molecule has 1 aliphatic rings. The molecule has 1 aromatic rings. The summed E-state index contributed by atoms with van der Waals surface area (Å²) in [6, 6.07) is 5.00. The number of aliphatic hydroxyl groups excluding tert-OH is 1. The molecule has 0 aromatic heterocycles. The molecule has 5 heteroatoms. The van der Waals surface area contributed by atoms with E-state index in [1.54, 1.807) is 12.1 Å². The molecule has 1 aliphatic heterocycles. The fourth-order valence-corrected chi connectivity index (χ4v) is 1.94. The smallest absolute Gasteiger partial charge is 0.179 e. The number of benzene rings is 1. The van der Waals surface area contributed by atoms with Gasteiger partial charge in [-0.15, -0.1) is 0 Å². The molecule has 4 nitrogen and oxygen atoms in total. The van der Waals surface area contributed by atoms with Gasteiger partial charge in [0.2, 0.25) is 0 Å². The molecule has 18 heavy (non-hydrogen) atoms. The van der Waals surface area contributed by atoms with Crippen molar-refractivity contribution in [2.24, 2.45) is 0 Å². The van der Waals surface area contributed by atoms with Crippen LogP contribution in [0.4, 0.5) is 0 Å². The van der Waals surface area contributed by atoms with Gasteiger partial charge in [-0.3, -0.25) is 0 Å². The van der Waals surface area contributed by atoms with Crippen LogP contribution >= 0.6 is 11.6 Å². The molecule has 1 N–H and O–H groups in total. The Labute approximate surface area is 110 Å². The molecule has 1 heterocycles. The van der Waals surface area contributed by atoms with Gasteiger partial charge in [0, 0.05) is 6.42 Å². The van der Waals surface area contributed by atoms with Gasteiger partial charge in [-0.05, 0) is 17.7 Å². The Kier molecular flexibility index (Phi) is 3.75.